The molecule has 0 saturated heterocycles. The molecule has 3 aromatic carbocycles. The molecule has 0 aliphatic heterocycles. The van der Waals surface area contributed by atoms with Crippen LogP contribution in [-0.4, -0.2) is 20.9 Å². The molecule has 5 nitrogen and oxygen atoms in total. The second-order valence-electron chi connectivity index (χ2n) is 7.14. The first-order chi connectivity index (χ1) is 14.7. The van der Waals surface area contributed by atoms with E-state index in [-0.39, 0.29) is 11.9 Å². The summed E-state index contributed by atoms with van der Waals surface area (Å²) in [5, 5.41) is 16.9. The molecule has 0 aliphatic carbocycles. The Bertz CT molecular complexity index is 1260. The molecule has 31 heavy (non-hydrogen) atoms. The molecule has 0 atom stereocenters. The van der Waals surface area contributed by atoms with Crippen LogP contribution >= 0.6 is 0 Å². The van der Waals surface area contributed by atoms with Gasteiger partial charge >= 0.3 is 12.1 Å². The summed E-state index contributed by atoms with van der Waals surface area (Å²) in [4.78, 5) is 10.9. The summed E-state index contributed by atoms with van der Waals surface area (Å²) in [6.07, 6.45) is -4.53. The topological polar surface area (TPSA) is 67.2 Å². The van der Waals surface area contributed by atoms with E-state index < -0.39 is 17.7 Å². The maximum Gasteiger partial charge on any atom is 0.418 e. The van der Waals surface area contributed by atoms with Gasteiger partial charge in [-0.3, -0.25) is 9.48 Å². The molecule has 158 valence electrons. The Morgan fingerprint density at radius 3 is 2.42 bits per heavy atom. The smallest absolute Gasteiger partial charge is 0.418 e. The third kappa shape index (κ3) is 4.23. The fourth-order valence-corrected chi connectivity index (χ4v) is 3.59. The molecule has 0 fully saturated rings. The highest BCUT2D eigenvalue weighted by atomic mass is 19.4. The van der Waals surface area contributed by atoms with Crippen LogP contribution in [0.15, 0.2) is 66.7 Å². The minimum atomic E-state index is -4.46. The predicted molar refractivity (Wildman–Crippen MR) is 112 cm³/mol. The lowest BCUT2D eigenvalue weighted by Crippen LogP contribution is -2.07. The SMILES string of the molecule is Cn1nc(-c2ccc(Nc3cccc(CC(=O)O)c3)cc2)c2cccc(C(F)(F)F)c21. The number of carbonyl (C=O) groups is 1. The number of carboxylic acids is 1. The maximum atomic E-state index is 13.4. The van der Waals surface area contributed by atoms with E-state index in [0.29, 0.717) is 22.2 Å². The highest BCUT2D eigenvalue weighted by molar-refractivity contribution is 5.95. The third-order valence-electron chi connectivity index (χ3n) is 4.90. The minimum Gasteiger partial charge on any atom is -0.481 e. The lowest BCUT2D eigenvalue weighted by Gasteiger charge is -2.09. The number of aryl methyl sites for hydroxylation is 1. The van der Waals surface area contributed by atoms with Crippen molar-refractivity contribution in [3.8, 4) is 11.3 Å². The first kappa shape index (κ1) is 20.5. The Kier molecular flexibility index (Phi) is 5.14. The number of anilines is 2. The van der Waals surface area contributed by atoms with E-state index in [2.05, 4.69) is 10.4 Å². The Balaban J connectivity index is 1.64. The number of para-hydroxylation sites is 1. The van der Waals surface area contributed by atoms with Gasteiger partial charge < -0.3 is 10.4 Å². The van der Waals surface area contributed by atoms with Gasteiger partial charge in [0.15, 0.2) is 0 Å². The normalized spacial score (nSPS) is 11.6. The van der Waals surface area contributed by atoms with E-state index in [1.54, 1.807) is 48.5 Å². The van der Waals surface area contributed by atoms with E-state index in [1.807, 2.05) is 6.07 Å². The van der Waals surface area contributed by atoms with Crippen molar-refractivity contribution in [1.29, 1.82) is 0 Å². The molecular weight excluding hydrogens is 407 g/mol. The Morgan fingerprint density at radius 1 is 1.03 bits per heavy atom. The molecule has 0 aliphatic rings. The number of rotatable bonds is 5. The van der Waals surface area contributed by atoms with Crippen LogP contribution in [0.3, 0.4) is 0 Å². The number of fused-ring (bicyclic) bond motifs is 1. The molecule has 0 unspecified atom stereocenters. The maximum absolute atomic E-state index is 13.4. The summed E-state index contributed by atoms with van der Waals surface area (Å²) < 4.78 is 41.4. The van der Waals surface area contributed by atoms with E-state index in [0.717, 1.165) is 17.4 Å². The van der Waals surface area contributed by atoms with Gasteiger partial charge in [-0.1, -0.05) is 36.4 Å². The van der Waals surface area contributed by atoms with Crippen molar-refractivity contribution >= 4 is 28.2 Å². The molecule has 0 bridgehead atoms. The van der Waals surface area contributed by atoms with Crippen LogP contribution in [0.4, 0.5) is 24.5 Å². The van der Waals surface area contributed by atoms with E-state index >= 15 is 0 Å². The van der Waals surface area contributed by atoms with Gasteiger partial charge in [0.25, 0.3) is 0 Å². The Morgan fingerprint density at radius 2 is 1.74 bits per heavy atom. The summed E-state index contributed by atoms with van der Waals surface area (Å²) in [6, 6.07) is 18.3. The monoisotopic (exact) mass is 425 g/mol. The summed E-state index contributed by atoms with van der Waals surface area (Å²) in [5.41, 5.74) is 2.66. The number of benzene rings is 3. The van der Waals surface area contributed by atoms with Crippen LogP contribution in [0.25, 0.3) is 22.2 Å². The van der Waals surface area contributed by atoms with Gasteiger partial charge in [-0.05, 0) is 35.9 Å². The fraction of sp³-hybridized carbons (Fsp3) is 0.130. The molecule has 0 amide bonds. The molecule has 0 radical (unpaired) electrons. The molecular formula is C23H18F3N3O2. The van der Waals surface area contributed by atoms with Gasteiger partial charge in [0.05, 0.1) is 17.5 Å². The van der Waals surface area contributed by atoms with Gasteiger partial charge in [0.2, 0.25) is 0 Å². The number of halogens is 3. The van der Waals surface area contributed by atoms with Crippen LogP contribution < -0.4 is 5.32 Å². The van der Waals surface area contributed by atoms with Gasteiger partial charge in [0.1, 0.15) is 5.69 Å². The average Bonchev–Trinajstić information content (AvgIpc) is 3.04. The molecule has 1 heterocycles. The molecule has 4 aromatic rings. The molecule has 1 aromatic heterocycles. The molecule has 2 N–H and O–H groups in total. The zero-order valence-corrected chi connectivity index (χ0v) is 16.4. The van der Waals surface area contributed by atoms with Gasteiger partial charge in [0, 0.05) is 29.4 Å². The van der Waals surface area contributed by atoms with Crippen molar-refractivity contribution in [1.82, 2.24) is 9.78 Å². The van der Waals surface area contributed by atoms with Crippen LogP contribution in [0.5, 0.6) is 0 Å². The molecule has 4 rings (SSSR count). The Hall–Kier alpha value is -3.81. The number of nitrogens with zero attached hydrogens (tertiary/aromatic N) is 2. The minimum absolute atomic E-state index is 0.0439. The number of hydrogen-bond donors (Lipinski definition) is 2. The number of hydrogen-bond acceptors (Lipinski definition) is 3. The summed E-state index contributed by atoms with van der Waals surface area (Å²) >= 11 is 0. The van der Waals surface area contributed by atoms with Crippen molar-refractivity contribution in [2.45, 2.75) is 12.6 Å². The molecule has 0 saturated carbocycles. The largest absolute Gasteiger partial charge is 0.481 e. The zero-order chi connectivity index (χ0) is 22.2. The number of nitrogens with one attached hydrogen (secondary N) is 1. The van der Waals surface area contributed by atoms with Crippen molar-refractivity contribution < 1.29 is 23.1 Å². The number of carboxylic acid groups (broad SMARTS) is 1. The van der Waals surface area contributed by atoms with Crippen LogP contribution in [-0.2, 0) is 24.4 Å². The molecule has 8 heteroatoms. The van der Waals surface area contributed by atoms with Gasteiger partial charge in [-0.2, -0.15) is 18.3 Å². The lowest BCUT2D eigenvalue weighted by molar-refractivity contribution is -0.137. The van der Waals surface area contributed by atoms with E-state index in [4.69, 9.17) is 5.11 Å². The van der Waals surface area contributed by atoms with Crippen molar-refractivity contribution in [2.75, 3.05) is 5.32 Å². The average molecular weight is 425 g/mol. The Labute approximate surface area is 175 Å². The standard InChI is InChI=1S/C23H18F3N3O2/c1-29-22-18(6-3-7-19(22)23(24,25)26)21(28-29)15-8-10-16(11-9-15)27-17-5-2-4-14(12-17)13-20(30)31/h2-12,27H,13H2,1H3,(H,30,31). The van der Waals surface area contributed by atoms with Crippen LogP contribution in [0.1, 0.15) is 11.1 Å². The summed E-state index contributed by atoms with van der Waals surface area (Å²) in [7, 11) is 1.50. The number of alkyl halides is 3. The summed E-state index contributed by atoms with van der Waals surface area (Å²) in [5.74, 6) is -0.905. The van der Waals surface area contributed by atoms with Gasteiger partial charge in [-0.25, -0.2) is 0 Å². The zero-order valence-electron chi connectivity index (χ0n) is 16.4. The molecule has 0 spiro atoms. The van der Waals surface area contributed by atoms with Crippen LogP contribution in [0.2, 0.25) is 0 Å². The van der Waals surface area contributed by atoms with Crippen molar-refractivity contribution in [2.24, 2.45) is 7.05 Å². The second kappa shape index (κ2) is 7.79. The van der Waals surface area contributed by atoms with Crippen molar-refractivity contribution in [3.63, 3.8) is 0 Å². The lowest BCUT2D eigenvalue weighted by atomic mass is 10.0. The highest BCUT2D eigenvalue weighted by Gasteiger charge is 2.34. The van der Waals surface area contributed by atoms with Crippen LogP contribution in [0, 0.1) is 0 Å². The third-order valence-corrected chi connectivity index (χ3v) is 4.90. The van der Waals surface area contributed by atoms with E-state index in [9.17, 15) is 18.0 Å². The van der Waals surface area contributed by atoms with E-state index in [1.165, 1.54) is 17.8 Å². The highest BCUT2D eigenvalue weighted by Crippen LogP contribution is 2.38. The number of aliphatic carboxylic acids is 1. The first-order valence-corrected chi connectivity index (χ1v) is 9.43. The summed E-state index contributed by atoms with van der Waals surface area (Å²) in [6.45, 7) is 0. The second-order valence-corrected chi connectivity index (χ2v) is 7.14. The fourth-order valence-electron chi connectivity index (χ4n) is 3.59. The quantitative estimate of drug-likeness (QED) is 0.435. The van der Waals surface area contributed by atoms with Crippen molar-refractivity contribution in [3.05, 3.63) is 77.9 Å². The van der Waals surface area contributed by atoms with Gasteiger partial charge in [-0.15, -0.1) is 0 Å². The first-order valence-electron chi connectivity index (χ1n) is 9.43. The number of aromatic nitrogens is 2. The predicted octanol–water partition coefficient (Wildman–Crippen LogP) is 5.63.